The standard InChI is InChI=1S/C30H46O4/c1-25(2)21-9-12-29(6)22(27(21,4)11-10-23(25)32)8-7-19-20-17-26(3,24(33)34)13-15-30(20,18-31)16-14-28(19,29)5/h7,20-22,31H,8-18H2,1-6H3,(H,33,34)/t20-,21?,22-,26?,27+,28-,29-,30-/m0/s1. The van der Waals surface area contributed by atoms with Crippen molar-refractivity contribution in [3.8, 4) is 0 Å². The Morgan fingerprint density at radius 3 is 2.29 bits per heavy atom. The molecule has 8 atom stereocenters. The molecule has 0 radical (unpaired) electrons. The van der Waals surface area contributed by atoms with E-state index in [9.17, 15) is 19.8 Å². The quantitative estimate of drug-likeness (QED) is 0.457. The van der Waals surface area contributed by atoms with E-state index in [1.807, 2.05) is 6.92 Å². The first-order valence-corrected chi connectivity index (χ1v) is 13.8. The summed E-state index contributed by atoms with van der Waals surface area (Å²) < 4.78 is 0. The number of carbonyl (C=O) groups excluding carboxylic acids is 1. The lowest BCUT2D eigenvalue weighted by atomic mass is 9.33. The van der Waals surface area contributed by atoms with E-state index in [2.05, 4.69) is 40.7 Å². The molecular weight excluding hydrogens is 424 g/mol. The summed E-state index contributed by atoms with van der Waals surface area (Å²) in [6, 6.07) is 0. The highest BCUT2D eigenvalue weighted by Gasteiger charge is 2.68. The third kappa shape index (κ3) is 2.81. The molecular formula is C30H46O4. The molecule has 0 bridgehead atoms. The first-order chi connectivity index (χ1) is 15.7. The van der Waals surface area contributed by atoms with Crippen LogP contribution in [0.1, 0.15) is 106 Å². The highest BCUT2D eigenvalue weighted by Crippen LogP contribution is 2.75. The number of carboxylic acids is 1. The smallest absolute Gasteiger partial charge is 0.309 e. The Hall–Kier alpha value is -1.16. The number of allylic oxidation sites excluding steroid dienone is 2. The van der Waals surface area contributed by atoms with E-state index in [0.717, 1.165) is 44.9 Å². The number of Topliss-reactive ketones (excluding diaryl/α,β-unsaturated/α-hetero) is 1. The molecule has 190 valence electrons. The maximum absolute atomic E-state index is 12.9. The molecule has 0 saturated heterocycles. The Morgan fingerprint density at radius 2 is 1.65 bits per heavy atom. The topological polar surface area (TPSA) is 74.6 Å². The van der Waals surface area contributed by atoms with Crippen molar-refractivity contribution in [1.82, 2.24) is 0 Å². The SMILES string of the molecule is CC1(C(=O)O)CC[C@@]2(CO)CC[C@@]3(C)C(=CC[C@@H]4[C@]3(C)CCC3C(C)(C)C(=O)CC[C@]34C)[C@@H]2C1. The monoisotopic (exact) mass is 470 g/mol. The number of hydrogen-bond donors (Lipinski definition) is 2. The lowest BCUT2D eigenvalue weighted by molar-refractivity contribution is -0.188. The molecule has 5 aliphatic rings. The minimum atomic E-state index is -0.711. The molecule has 4 saturated carbocycles. The molecule has 5 aliphatic carbocycles. The lowest BCUT2D eigenvalue weighted by Crippen LogP contribution is -2.64. The van der Waals surface area contributed by atoms with Gasteiger partial charge in [-0.15, -0.1) is 0 Å². The summed E-state index contributed by atoms with van der Waals surface area (Å²) >= 11 is 0. The van der Waals surface area contributed by atoms with E-state index in [0.29, 0.717) is 36.9 Å². The fourth-order valence-corrected chi connectivity index (χ4v) is 10.5. The normalized spacial score (nSPS) is 51.9. The van der Waals surface area contributed by atoms with Crippen molar-refractivity contribution >= 4 is 11.8 Å². The Balaban J connectivity index is 1.59. The third-order valence-corrected chi connectivity index (χ3v) is 13.2. The number of aliphatic hydroxyl groups is 1. The third-order valence-electron chi connectivity index (χ3n) is 13.2. The molecule has 4 fully saturated rings. The van der Waals surface area contributed by atoms with Crippen LogP contribution in [0.2, 0.25) is 0 Å². The van der Waals surface area contributed by atoms with Gasteiger partial charge in [-0.3, -0.25) is 9.59 Å². The number of carbonyl (C=O) groups is 2. The highest BCUT2D eigenvalue weighted by atomic mass is 16.4. The van der Waals surface area contributed by atoms with Crippen LogP contribution in [0, 0.1) is 50.2 Å². The number of ketones is 1. The van der Waals surface area contributed by atoms with E-state index >= 15 is 0 Å². The van der Waals surface area contributed by atoms with Crippen molar-refractivity contribution in [2.24, 2.45) is 50.2 Å². The summed E-state index contributed by atoms with van der Waals surface area (Å²) in [5, 5.41) is 20.7. The zero-order valence-electron chi connectivity index (χ0n) is 22.3. The molecule has 2 N–H and O–H groups in total. The van der Waals surface area contributed by atoms with Crippen LogP contribution in [0.4, 0.5) is 0 Å². The van der Waals surface area contributed by atoms with Gasteiger partial charge in [0.1, 0.15) is 5.78 Å². The van der Waals surface area contributed by atoms with Crippen molar-refractivity contribution in [3.05, 3.63) is 11.6 Å². The summed E-state index contributed by atoms with van der Waals surface area (Å²) in [7, 11) is 0. The highest BCUT2D eigenvalue weighted by molar-refractivity contribution is 5.85. The number of carboxylic acid groups (broad SMARTS) is 1. The number of fused-ring (bicyclic) bond motifs is 7. The fraction of sp³-hybridized carbons (Fsp3) is 0.867. The Labute approximate surface area is 206 Å². The van der Waals surface area contributed by atoms with E-state index in [1.165, 1.54) is 5.57 Å². The first kappa shape index (κ1) is 24.5. The minimum Gasteiger partial charge on any atom is -0.481 e. The molecule has 0 aromatic rings. The average Bonchev–Trinajstić information content (AvgIpc) is 2.77. The second-order valence-electron chi connectivity index (χ2n) is 14.6. The summed E-state index contributed by atoms with van der Waals surface area (Å²) in [6.07, 6.45) is 11.7. The van der Waals surface area contributed by atoms with Crippen LogP contribution in [-0.2, 0) is 9.59 Å². The second-order valence-corrected chi connectivity index (χ2v) is 14.6. The van der Waals surface area contributed by atoms with Gasteiger partial charge in [0.15, 0.2) is 0 Å². The molecule has 0 spiro atoms. The molecule has 0 heterocycles. The first-order valence-electron chi connectivity index (χ1n) is 13.8. The average molecular weight is 471 g/mol. The molecule has 2 unspecified atom stereocenters. The van der Waals surface area contributed by atoms with Crippen LogP contribution >= 0.6 is 0 Å². The molecule has 34 heavy (non-hydrogen) atoms. The fourth-order valence-electron chi connectivity index (χ4n) is 10.5. The summed E-state index contributed by atoms with van der Waals surface area (Å²) in [5.74, 6) is 0.879. The van der Waals surface area contributed by atoms with E-state index in [-0.39, 0.29) is 39.6 Å². The molecule has 4 heteroatoms. The van der Waals surface area contributed by atoms with Crippen molar-refractivity contribution in [1.29, 1.82) is 0 Å². The van der Waals surface area contributed by atoms with E-state index in [4.69, 9.17) is 0 Å². The number of aliphatic carboxylic acids is 1. The van der Waals surface area contributed by atoms with Gasteiger partial charge in [0, 0.05) is 23.9 Å². The molecule has 0 amide bonds. The molecule has 0 aliphatic heterocycles. The van der Waals surface area contributed by atoms with Gasteiger partial charge in [-0.25, -0.2) is 0 Å². The maximum atomic E-state index is 12.9. The van der Waals surface area contributed by atoms with Crippen molar-refractivity contribution in [2.75, 3.05) is 6.61 Å². The Bertz CT molecular complexity index is 949. The zero-order valence-corrected chi connectivity index (χ0v) is 22.3. The minimum absolute atomic E-state index is 0.0234. The van der Waals surface area contributed by atoms with Gasteiger partial charge in [-0.1, -0.05) is 46.3 Å². The molecule has 4 nitrogen and oxygen atoms in total. The second kappa shape index (κ2) is 7.20. The molecule has 5 rings (SSSR count). The van der Waals surface area contributed by atoms with E-state index < -0.39 is 11.4 Å². The Morgan fingerprint density at radius 1 is 0.971 bits per heavy atom. The van der Waals surface area contributed by atoms with Crippen LogP contribution in [0.3, 0.4) is 0 Å². The van der Waals surface area contributed by atoms with Crippen LogP contribution in [0.15, 0.2) is 11.6 Å². The maximum Gasteiger partial charge on any atom is 0.309 e. The zero-order chi connectivity index (χ0) is 24.9. The predicted molar refractivity (Wildman–Crippen MR) is 133 cm³/mol. The van der Waals surface area contributed by atoms with Gasteiger partial charge < -0.3 is 10.2 Å². The summed E-state index contributed by atoms with van der Waals surface area (Å²) in [6.45, 7) is 14.0. The van der Waals surface area contributed by atoms with Crippen molar-refractivity contribution in [3.63, 3.8) is 0 Å². The number of hydrogen-bond acceptors (Lipinski definition) is 3. The predicted octanol–water partition coefficient (Wildman–Crippen LogP) is 6.41. The van der Waals surface area contributed by atoms with Crippen molar-refractivity contribution < 1.29 is 19.8 Å². The van der Waals surface area contributed by atoms with Gasteiger partial charge in [-0.2, -0.15) is 0 Å². The van der Waals surface area contributed by atoms with Gasteiger partial charge in [-0.05, 0) is 98.7 Å². The van der Waals surface area contributed by atoms with Gasteiger partial charge >= 0.3 is 5.97 Å². The van der Waals surface area contributed by atoms with Gasteiger partial charge in [0.2, 0.25) is 0 Å². The number of rotatable bonds is 2. The van der Waals surface area contributed by atoms with Crippen LogP contribution < -0.4 is 0 Å². The van der Waals surface area contributed by atoms with Gasteiger partial charge in [0.05, 0.1) is 5.41 Å². The molecule has 0 aromatic carbocycles. The van der Waals surface area contributed by atoms with Gasteiger partial charge in [0.25, 0.3) is 0 Å². The van der Waals surface area contributed by atoms with E-state index in [1.54, 1.807) is 0 Å². The molecule has 0 aromatic heterocycles. The van der Waals surface area contributed by atoms with Crippen LogP contribution in [-0.4, -0.2) is 28.6 Å². The summed E-state index contributed by atoms with van der Waals surface area (Å²) in [4.78, 5) is 25.2. The van der Waals surface area contributed by atoms with Crippen molar-refractivity contribution in [2.45, 2.75) is 106 Å². The van der Waals surface area contributed by atoms with Crippen LogP contribution in [0.25, 0.3) is 0 Å². The van der Waals surface area contributed by atoms with Crippen LogP contribution in [0.5, 0.6) is 0 Å². The Kier molecular flexibility index (Phi) is 5.20. The lowest BCUT2D eigenvalue weighted by Gasteiger charge is -2.70. The number of aliphatic hydroxyl groups excluding tert-OH is 1. The largest absolute Gasteiger partial charge is 0.481 e. The summed E-state index contributed by atoms with van der Waals surface area (Å²) in [5.41, 5.74) is 0.661.